The molecule has 3 nitrogen and oxygen atoms in total. The number of aromatic nitrogens is 1. The summed E-state index contributed by atoms with van der Waals surface area (Å²) in [5.74, 6) is -0.216. The van der Waals surface area contributed by atoms with Crippen LogP contribution in [-0.2, 0) is 6.54 Å². The smallest absolute Gasteiger partial charge is 0.128 e. The van der Waals surface area contributed by atoms with E-state index in [9.17, 15) is 4.39 Å². The summed E-state index contributed by atoms with van der Waals surface area (Å²) in [6.07, 6.45) is 0. The number of nitrogens with two attached hydrogens (primary N) is 1. The van der Waals surface area contributed by atoms with E-state index in [-0.39, 0.29) is 11.9 Å². The predicted octanol–water partition coefficient (Wildman–Crippen LogP) is 2.66. The zero-order chi connectivity index (χ0) is 14.5. The third-order valence-corrected chi connectivity index (χ3v) is 3.38. The number of aryl methyl sites for hydroxylation is 1. The zero-order valence-electron chi connectivity index (χ0n) is 11.9. The van der Waals surface area contributed by atoms with E-state index in [1.54, 1.807) is 12.1 Å². The Labute approximate surface area is 119 Å². The Morgan fingerprint density at radius 1 is 1.20 bits per heavy atom. The largest absolute Gasteiger partial charge is 0.329 e. The van der Waals surface area contributed by atoms with Gasteiger partial charge in [-0.25, -0.2) is 4.39 Å². The van der Waals surface area contributed by atoms with Gasteiger partial charge in [0, 0.05) is 24.3 Å². The molecule has 2 rings (SSSR count). The van der Waals surface area contributed by atoms with Gasteiger partial charge in [0.1, 0.15) is 5.82 Å². The Balaban J connectivity index is 2.18. The van der Waals surface area contributed by atoms with Gasteiger partial charge in [-0.3, -0.25) is 9.88 Å². The number of rotatable bonds is 5. The number of halogens is 1. The van der Waals surface area contributed by atoms with E-state index in [1.165, 1.54) is 6.07 Å². The fourth-order valence-corrected chi connectivity index (χ4v) is 2.34. The van der Waals surface area contributed by atoms with Gasteiger partial charge in [-0.1, -0.05) is 24.3 Å². The number of nitrogens with zero attached hydrogens (tertiary/aromatic N) is 2. The van der Waals surface area contributed by atoms with Crippen molar-refractivity contribution in [2.75, 3.05) is 13.6 Å². The monoisotopic (exact) mass is 273 g/mol. The molecule has 1 heterocycles. The first-order chi connectivity index (χ1) is 9.61. The summed E-state index contributed by atoms with van der Waals surface area (Å²) in [5, 5.41) is 0. The van der Waals surface area contributed by atoms with Crippen molar-refractivity contribution in [1.82, 2.24) is 9.88 Å². The van der Waals surface area contributed by atoms with Gasteiger partial charge in [-0.05, 0) is 32.2 Å². The van der Waals surface area contributed by atoms with Gasteiger partial charge in [-0.15, -0.1) is 0 Å². The Kier molecular flexibility index (Phi) is 4.82. The minimum absolute atomic E-state index is 0.154. The Bertz CT molecular complexity index is 571. The lowest BCUT2D eigenvalue weighted by atomic mass is 10.0. The number of benzene rings is 1. The SMILES string of the molecule is Cc1cccc(CN(C)C(CN)c2ccccc2F)n1. The van der Waals surface area contributed by atoms with Gasteiger partial charge in [0.2, 0.25) is 0 Å². The summed E-state index contributed by atoms with van der Waals surface area (Å²) in [4.78, 5) is 6.50. The quantitative estimate of drug-likeness (QED) is 0.910. The molecule has 0 saturated heterocycles. The molecule has 0 bridgehead atoms. The number of hydrogen-bond acceptors (Lipinski definition) is 3. The highest BCUT2D eigenvalue weighted by Gasteiger charge is 2.19. The highest BCUT2D eigenvalue weighted by molar-refractivity contribution is 5.22. The van der Waals surface area contributed by atoms with Crippen molar-refractivity contribution in [1.29, 1.82) is 0 Å². The van der Waals surface area contributed by atoms with E-state index in [1.807, 2.05) is 43.1 Å². The molecule has 106 valence electrons. The van der Waals surface area contributed by atoms with Crippen LogP contribution >= 0.6 is 0 Å². The third kappa shape index (κ3) is 3.40. The van der Waals surface area contributed by atoms with Crippen LogP contribution in [0.1, 0.15) is 23.0 Å². The highest BCUT2D eigenvalue weighted by atomic mass is 19.1. The predicted molar refractivity (Wildman–Crippen MR) is 78.6 cm³/mol. The maximum atomic E-state index is 13.9. The first-order valence-electron chi connectivity index (χ1n) is 6.69. The minimum Gasteiger partial charge on any atom is -0.329 e. The second-order valence-electron chi connectivity index (χ2n) is 4.96. The second kappa shape index (κ2) is 6.59. The van der Waals surface area contributed by atoms with Crippen LogP contribution in [0, 0.1) is 12.7 Å². The Morgan fingerprint density at radius 3 is 2.60 bits per heavy atom. The van der Waals surface area contributed by atoms with Crippen LogP contribution in [-0.4, -0.2) is 23.5 Å². The van der Waals surface area contributed by atoms with E-state index in [0.717, 1.165) is 11.4 Å². The van der Waals surface area contributed by atoms with E-state index in [0.29, 0.717) is 18.7 Å². The van der Waals surface area contributed by atoms with Gasteiger partial charge in [0.15, 0.2) is 0 Å². The Hall–Kier alpha value is -1.78. The van der Waals surface area contributed by atoms with Crippen LogP contribution in [0.25, 0.3) is 0 Å². The van der Waals surface area contributed by atoms with Crippen molar-refractivity contribution in [3.05, 3.63) is 65.2 Å². The fourth-order valence-electron chi connectivity index (χ4n) is 2.34. The van der Waals surface area contributed by atoms with Crippen LogP contribution in [0.4, 0.5) is 4.39 Å². The van der Waals surface area contributed by atoms with Crippen LogP contribution in [0.5, 0.6) is 0 Å². The van der Waals surface area contributed by atoms with Crippen LogP contribution in [0.2, 0.25) is 0 Å². The molecular formula is C16H20FN3. The molecule has 0 radical (unpaired) electrons. The molecule has 0 amide bonds. The van der Waals surface area contributed by atoms with Crippen LogP contribution < -0.4 is 5.73 Å². The van der Waals surface area contributed by atoms with Gasteiger partial charge in [0.05, 0.1) is 11.7 Å². The molecule has 1 unspecified atom stereocenters. The lowest BCUT2D eigenvalue weighted by Gasteiger charge is -2.27. The van der Waals surface area contributed by atoms with E-state index in [2.05, 4.69) is 4.98 Å². The van der Waals surface area contributed by atoms with Gasteiger partial charge in [-0.2, -0.15) is 0 Å². The van der Waals surface area contributed by atoms with Gasteiger partial charge < -0.3 is 5.73 Å². The topological polar surface area (TPSA) is 42.1 Å². The van der Waals surface area contributed by atoms with Crippen LogP contribution in [0.15, 0.2) is 42.5 Å². The van der Waals surface area contributed by atoms with Gasteiger partial charge in [0.25, 0.3) is 0 Å². The molecular weight excluding hydrogens is 253 g/mol. The summed E-state index contributed by atoms with van der Waals surface area (Å²) >= 11 is 0. The van der Waals surface area contributed by atoms with Crippen molar-refractivity contribution >= 4 is 0 Å². The summed E-state index contributed by atoms with van der Waals surface area (Å²) in [6.45, 7) is 2.96. The second-order valence-corrected chi connectivity index (χ2v) is 4.96. The fraction of sp³-hybridized carbons (Fsp3) is 0.312. The number of hydrogen-bond donors (Lipinski definition) is 1. The molecule has 1 aromatic heterocycles. The minimum atomic E-state index is -0.216. The number of likely N-dealkylation sites (N-methyl/N-ethyl adjacent to an activating group) is 1. The van der Waals surface area contributed by atoms with Gasteiger partial charge >= 0.3 is 0 Å². The molecule has 0 spiro atoms. The molecule has 0 aliphatic rings. The average molecular weight is 273 g/mol. The normalized spacial score (nSPS) is 12.7. The lowest BCUT2D eigenvalue weighted by molar-refractivity contribution is 0.234. The molecule has 0 saturated carbocycles. The van der Waals surface area contributed by atoms with Crippen molar-refractivity contribution in [2.24, 2.45) is 5.73 Å². The lowest BCUT2D eigenvalue weighted by Crippen LogP contribution is -2.31. The molecule has 0 fully saturated rings. The zero-order valence-corrected chi connectivity index (χ0v) is 11.9. The molecule has 2 N–H and O–H groups in total. The molecule has 0 aliphatic heterocycles. The van der Waals surface area contributed by atoms with E-state index < -0.39 is 0 Å². The van der Waals surface area contributed by atoms with E-state index >= 15 is 0 Å². The molecule has 2 aromatic rings. The average Bonchev–Trinajstić information content (AvgIpc) is 2.41. The standard InChI is InChI=1S/C16H20FN3/c1-12-6-5-7-13(19-12)11-20(2)16(10-18)14-8-3-4-9-15(14)17/h3-9,16H,10-11,18H2,1-2H3. The first-order valence-corrected chi connectivity index (χ1v) is 6.69. The molecule has 20 heavy (non-hydrogen) atoms. The highest BCUT2D eigenvalue weighted by Crippen LogP contribution is 2.22. The summed E-state index contributed by atoms with van der Waals surface area (Å²) < 4.78 is 13.9. The molecule has 1 atom stereocenters. The van der Waals surface area contributed by atoms with E-state index in [4.69, 9.17) is 5.73 Å². The van der Waals surface area contributed by atoms with Crippen molar-refractivity contribution < 1.29 is 4.39 Å². The summed E-state index contributed by atoms with van der Waals surface area (Å²) in [6, 6.07) is 12.5. The summed E-state index contributed by atoms with van der Waals surface area (Å²) in [5.41, 5.74) is 8.40. The van der Waals surface area contributed by atoms with Crippen molar-refractivity contribution in [3.8, 4) is 0 Å². The molecule has 4 heteroatoms. The maximum absolute atomic E-state index is 13.9. The molecule has 0 aliphatic carbocycles. The maximum Gasteiger partial charge on any atom is 0.128 e. The van der Waals surface area contributed by atoms with Crippen molar-refractivity contribution in [2.45, 2.75) is 19.5 Å². The first kappa shape index (κ1) is 14.6. The number of pyridine rings is 1. The molecule has 1 aromatic carbocycles. The third-order valence-electron chi connectivity index (χ3n) is 3.38. The summed E-state index contributed by atoms with van der Waals surface area (Å²) in [7, 11) is 1.94. The Morgan fingerprint density at radius 2 is 1.95 bits per heavy atom. The van der Waals surface area contributed by atoms with Crippen LogP contribution in [0.3, 0.4) is 0 Å². The van der Waals surface area contributed by atoms with Crippen molar-refractivity contribution in [3.63, 3.8) is 0 Å².